The number of sulfonamides is 1. The molecule has 1 N–H and O–H groups in total. The molecule has 2 amide bonds. The smallest absolute Gasteiger partial charge is 0.244 e. The summed E-state index contributed by atoms with van der Waals surface area (Å²) in [5, 5.41) is 2.51. The lowest BCUT2D eigenvalue weighted by molar-refractivity contribution is -0.138. The third-order valence-corrected chi connectivity index (χ3v) is 5.83. The number of amides is 2. The highest BCUT2D eigenvalue weighted by Crippen LogP contribution is 2.19. The lowest BCUT2D eigenvalue weighted by atomic mass is 10.1. The second-order valence-corrected chi connectivity index (χ2v) is 8.77. The van der Waals surface area contributed by atoms with Crippen molar-refractivity contribution in [2.24, 2.45) is 0 Å². The average Bonchev–Trinajstić information content (AvgIpc) is 2.72. The van der Waals surface area contributed by atoms with Gasteiger partial charge >= 0.3 is 0 Å². The summed E-state index contributed by atoms with van der Waals surface area (Å²) >= 11 is 0. The predicted molar refractivity (Wildman–Crippen MR) is 114 cm³/mol. The Kier molecular flexibility index (Phi) is 7.93. The van der Waals surface area contributed by atoms with Crippen LogP contribution in [0.4, 0.5) is 10.1 Å². The molecule has 0 aliphatic rings. The standard InChI is InChI=1S/C21H26FN3O4S/c1-16(21(27)23-2)24(14-13-17-7-5-4-6-8-17)20(26)15-25(30(3,28)29)19-11-9-18(22)10-12-19/h4-12,16H,13-15H2,1-3H3,(H,23,27). The summed E-state index contributed by atoms with van der Waals surface area (Å²) in [6.07, 6.45) is 1.48. The predicted octanol–water partition coefficient (Wildman–Crippen LogP) is 1.80. The first kappa shape index (κ1) is 23.3. The van der Waals surface area contributed by atoms with Crippen LogP contribution < -0.4 is 9.62 Å². The van der Waals surface area contributed by atoms with Crippen LogP contribution in [0.25, 0.3) is 0 Å². The van der Waals surface area contributed by atoms with Crippen molar-refractivity contribution in [3.05, 3.63) is 66.0 Å². The molecule has 30 heavy (non-hydrogen) atoms. The van der Waals surface area contributed by atoms with Crippen LogP contribution in [0.15, 0.2) is 54.6 Å². The van der Waals surface area contributed by atoms with E-state index in [1.807, 2.05) is 30.3 Å². The zero-order chi connectivity index (χ0) is 22.3. The normalized spacial score (nSPS) is 12.1. The van der Waals surface area contributed by atoms with Crippen LogP contribution in [-0.2, 0) is 26.0 Å². The van der Waals surface area contributed by atoms with Gasteiger partial charge in [0.2, 0.25) is 21.8 Å². The molecule has 1 unspecified atom stereocenters. The van der Waals surface area contributed by atoms with Gasteiger partial charge in [-0.2, -0.15) is 0 Å². The topological polar surface area (TPSA) is 86.8 Å². The molecule has 1 atom stereocenters. The summed E-state index contributed by atoms with van der Waals surface area (Å²) in [6.45, 7) is 1.32. The van der Waals surface area contributed by atoms with Gasteiger partial charge in [0, 0.05) is 13.6 Å². The minimum absolute atomic E-state index is 0.169. The Balaban J connectivity index is 2.27. The first-order chi connectivity index (χ1) is 14.1. The van der Waals surface area contributed by atoms with Gasteiger partial charge in [0.05, 0.1) is 11.9 Å². The van der Waals surface area contributed by atoms with E-state index in [0.717, 1.165) is 28.3 Å². The van der Waals surface area contributed by atoms with Gasteiger partial charge in [-0.25, -0.2) is 12.8 Å². The van der Waals surface area contributed by atoms with Crippen LogP contribution in [0.3, 0.4) is 0 Å². The molecule has 0 bridgehead atoms. The number of benzene rings is 2. The van der Waals surface area contributed by atoms with Crippen molar-refractivity contribution in [2.45, 2.75) is 19.4 Å². The number of rotatable bonds is 9. The van der Waals surface area contributed by atoms with Crippen LogP contribution in [0.2, 0.25) is 0 Å². The number of nitrogens with zero attached hydrogens (tertiary/aromatic N) is 2. The van der Waals surface area contributed by atoms with Gasteiger partial charge in [0.15, 0.2) is 0 Å². The van der Waals surface area contributed by atoms with Crippen molar-refractivity contribution in [2.75, 3.05) is 30.7 Å². The number of anilines is 1. The van der Waals surface area contributed by atoms with Crippen LogP contribution in [-0.4, -0.2) is 57.6 Å². The molecule has 7 nitrogen and oxygen atoms in total. The molecule has 2 aromatic rings. The third-order valence-electron chi connectivity index (χ3n) is 4.69. The highest BCUT2D eigenvalue weighted by atomic mass is 32.2. The van der Waals surface area contributed by atoms with Gasteiger partial charge in [-0.3, -0.25) is 13.9 Å². The van der Waals surface area contributed by atoms with Gasteiger partial charge in [-0.05, 0) is 43.2 Å². The van der Waals surface area contributed by atoms with Gasteiger partial charge in [0.25, 0.3) is 0 Å². The molecule has 0 aliphatic heterocycles. The largest absolute Gasteiger partial charge is 0.357 e. The molecule has 0 aliphatic carbocycles. The number of nitrogens with one attached hydrogen (secondary N) is 1. The number of carbonyl (C=O) groups is 2. The second-order valence-electron chi connectivity index (χ2n) is 6.86. The summed E-state index contributed by atoms with van der Waals surface area (Å²) in [7, 11) is -2.34. The van der Waals surface area contributed by atoms with Crippen LogP contribution in [0.1, 0.15) is 12.5 Å². The quantitative estimate of drug-likeness (QED) is 0.651. The molecular formula is C21H26FN3O4S. The summed E-state index contributed by atoms with van der Waals surface area (Å²) in [4.78, 5) is 26.6. The Bertz CT molecular complexity index is 966. The zero-order valence-electron chi connectivity index (χ0n) is 17.2. The molecule has 2 aromatic carbocycles. The summed E-state index contributed by atoms with van der Waals surface area (Å²) in [5.41, 5.74) is 1.15. The minimum Gasteiger partial charge on any atom is -0.357 e. The molecule has 162 valence electrons. The van der Waals surface area contributed by atoms with E-state index in [4.69, 9.17) is 0 Å². The summed E-state index contributed by atoms with van der Waals surface area (Å²) in [6, 6.07) is 13.5. The van der Waals surface area contributed by atoms with Crippen LogP contribution in [0.5, 0.6) is 0 Å². The fourth-order valence-corrected chi connectivity index (χ4v) is 3.85. The van der Waals surface area contributed by atoms with Crippen molar-refractivity contribution in [3.63, 3.8) is 0 Å². The molecule has 0 radical (unpaired) electrons. The SMILES string of the molecule is CNC(=O)C(C)N(CCc1ccccc1)C(=O)CN(c1ccc(F)cc1)S(C)(=O)=O. The van der Waals surface area contributed by atoms with E-state index in [2.05, 4.69) is 5.32 Å². The van der Waals surface area contributed by atoms with E-state index < -0.39 is 34.3 Å². The molecule has 0 heterocycles. The van der Waals surface area contributed by atoms with E-state index in [-0.39, 0.29) is 18.1 Å². The monoisotopic (exact) mass is 435 g/mol. The van der Waals surface area contributed by atoms with Gasteiger partial charge < -0.3 is 10.2 Å². The molecule has 0 aromatic heterocycles. The number of hydrogen-bond acceptors (Lipinski definition) is 4. The van der Waals surface area contributed by atoms with E-state index in [1.165, 1.54) is 24.1 Å². The summed E-state index contributed by atoms with van der Waals surface area (Å²) in [5.74, 6) is -1.41. The highest BCUT2D eigenvalue weighted by molar-refractivity contribution is 7.92. The Labute approximate surface area is 176 Å². The van der Waals surface area contributed by atoms with Crippen LogP contribution >= 0.6 is 0 Å². The minimum atomic E-state index is -3.82. The Hall–Kier alpha value is -2.94. The molecule has 9 heteroatoms. The van der Waals surface area contributed by atoms with Crippen molar-refractivity contribution < 1.29 is 22.4 Å². The van der Waals surface area contributed by atoms with Crippen LogP contribution in [0, 0.1) is 5.82 Å². The molecular weight excluding hydrogens is 409 g/mol. The second kappa shape index (κ2) is 10.2. The zero-order valence-corrected chi connectivity index (χ0v) is 18.0. The van der Waals surface area contributed by atoms with Gasteiger partial charge in [-0.1, -0.05) is 30.3 Å². The summed E-state index contributed by atoms with van der Waals surface area (Å²) < 4.78 is 38.7. The average molecular weight is 436 g/mol. The lowest BCUT2D eigenvalue weighted by Crippen LogP contribution is -2.51. The molecule has 0 fully saturated rings. The fraction of sp³-hybridized carbons (Fsp3) is 0.333. The third kappa shape index (κ3) is 6.28. The van der Waals surface area contributed by atoms with Gasteiger partial charge in [-0.15, -0.1) is 0 Å². The maximum absolute atomic E-state index is 13.2. The Morgan fingerprint density at radius 1 is 1.07 bits per heavy atom. The number of likely N-dealkylation sites (N-methyl/N-ethyl adjacent to an activating group) is 1. The number of hydrogen-bond donors (Lipinski definition) is 1. The number of carbonyl (C=O) groups excluding carboxylic acids is 2. The van der Waals surface area contributed by atoms with E-state index in [0.29, 0.717) is 6.42 Å². The maximum Gasteiger partial charge on any atom is 0.244 e. The Morgan fingerprint density at radius 3 is 2.20 bits per heavy atom. The van der Waals surface area contributed by atoms with Crippen molar-refractivity contribution in [1.82, 2.24) is 10.2 Å². The molecule has 0 saturated carbocycles. The molecule has 0 spiro atoms. The Morgan fingerprint density at radius 2 is 1.67 bits per heavy atom. The van der Waals surface area contributed by atoms with E-state index >= 15 is 0 Å². The van der Waals surface area contributed by atoms with Crippen molar-refractivity contribution in [3.8, 4) is 0 Å². The van der Waals surface area contributed by atoms with Crippen molar-refractivity contribution >= 4 is 27.5 Å². The van der Waals surface area contributed by atoms with Gasteiger partial charge in [0.1, 0.15) is 18.4 Å². The molecule has 0 saturated heterocycles. The lowest BCUT2D eigenvalue weighted by Gasteiger charge is -2.31. The van der Waals surface area contributed by atoms with Crippen molar-refractivity contribution in [1.29, 1.82) is 0 Å². The maximum atomic E-state index is 13.2. The first-order valence-electron chi connectivity index (χ1n) is 9.41. The van der Waals surface area contributed by atoms with E-state index in [1.54, 1.807) is 6.92 Å². The fourth-order valence-electron chi connectivity index (χ4n) is 3.00. The number of halogens is 1. The highest BCUT2D eigenvalue weighted by Gasteiger charge is 2.29. The van der Waals surface area contributed by atoms with E-state index in [9.17, 15) is 22.4 Å². The molecule has 2 rings (SSSR count). The first-order valence-corrected chi connectivity index (χ1v) is 11.3.